The third-order valence-electron chi connectivity index (χ3n) is 6.04. The maximum atomic E-state index is 12.1. The third-order valence-corrected chi connectivity index (χ3v) is 6.04. The molecule has 2 aromatic rings. The van der Waals surface area contributed by atoms with Crippen LogP contribution in [0.5, 0.6) is 0 Å². The van der Waals surface area contributed by atoms with Crippen molar-refractivity contribution in [1.82, 2.24) is 15.1 Å². The molecule has 0 saturated carbocycles. The molecule has 31 heavy (non-hydrogen) atoms. The molecule has 1 amide bonds. The lowest BCUT2D eigenvalue weighted by atomic mass is 10.00. The van der Waals surface area contributed by atoms with Gasteiger partial charge in [-0.25, -0.2) is 4.99 Å². The van der Waals surface area contributed by atoms with Crippen LogP contribution in [0.2, 0.25) is 0 Å². The van der Waals surface area contributed by atoms with Crippen LogP contribution in [-0.2, 0) is 17.9 Å². The van der Waals surface area contributed by atoms with Crippen molar-refractivity contribution in [3.63, 3.8) is 0 Å². The molecule has 0 atom stereocenters. The van der Waals surface area contributed by atoms with Gasteiger partial charge in [0.1, 0.15) is 0 Å². The zero-order valence-corrected chi connectivity index (χ0v) is 18.4. The van der Waals surface area contributed by atoms with Crippen molar-refractivity contribution in [3.8, 4) is 0 Å². The lowest BCUT2D eigenvalue weighted by molar-refractivity contribution is -0.128. The molecule has 4 rings (SSSR count). The number of hydrogen-bond donors (Lipinski definition) is 1. The summed E-state index contributed by atoms with van der Waals surface area (Å²) in [4.78, 5) is 21.3. The first-order chi connectivity index (χ1) is 15.2. The van der Waals surface area contributed by atoms with Gasteiger partial charge in [0.05, 0.1) is 6.54 Å². The van der Waals surface area contributed by atoms with Crippen molar-refractivity contribution >= 4 is 17.4 Å². The zero-order chi connectivity index (χ0) is 21.5. The second-order valence-electron chi connectivity index (χ2n) is 8.15. The van der Waals surface area contributed by atoms with Crippen LogP contribution in [-0.4, -0.2) is 47.8 Å². The minimum atomic E-state index is 0.265. The van der Waals surface area contributed by atoms with E-state index in [1.54, 1.807) is 0 Å². The Bertz CT molecular complexity index is 951. The van der Waals surface area contributed by atoms with E-state index in [-0.39, 0.29) is 5.91 Å². The number of rotatable bonds is 6. The fourth-order valence-corrected chi connectivity index (χ4v) is 4.30. The summed E-state index contributed by atoms with van der Waals surface area (Å²) in [6.45, 7) is 6.94. The maximum Gasteiger partial charge on any atom is 0.222 e. The molecule has 0 bridgehead atoms. The highest BCUT2D eigenvalue weighted by Gasteiger charge is 2.21. The molecule has 2 heterocycles. The lowest BCUT2D eigenvalue weighted by Gasteiger charge is -2.30. The van der Waals surface area contributed by atoms with E-state index in [1.807, 2.05) is 4.90 Å². The number of amides is 1. The molecule has 2 aliphatic heterocycles. The van der Waals surface area contributed by atoms with Gasteiger partial charge in [-0.15, -0.1) is 0 Å². The van der Waals surface area contributed by atoms with E-state index in [1.165, 1.54) is 22.3 Å². The summed E-state index contributed by atoms with van der Waals surface area (Å²) in [5, 5.41) is 3.46. The fraction of sp³-hybridized carbons (Fsp3) is 0.385. The number of hydrogen-bond acceptors (Lipinski definition) is 2. The standard InChI is InChI=1S/C26H32N4O/c1-2-27-26(29-17-14-22(15-18-29)21-9-4-3-5-10-21)28-19-23-11-6-7-12-24(23)20-30-16-8-13-25(30)31/h3-7,9-12,14H,2,8,13,15-20H2,1H3,(H,27,28). The van der Waals surface area contributed by atoms with Crippen molar-refractivity contribution in [3.05, 3.63) is 77.4 Å². The van der Waals surface area contributed by atoms with Crippen LogP contribution in [0.25, 0.3) is 5.57 Å². The Morgan fingerprint density at radius 1 is 1.00 bits per heavy atom. The van der Waals surface area contributed by atoms with Gasteiger partial charge in [0, 0.05) is 39.1 Å². The highest BCUT2D eigenvalue weighted by Crippen LogP contribution is 2.22. The summed E-state index contributed by atoms with van der Waals surface area (Å²) >= 11 is 0. The van der Waals surface area contributed by atoms with E-state index in [2.05, 4.69) is 77.8 Å². The summed E-state index contributed by atoms with van der Waals surface area (Å²) < 4.78 is 0. The van der Waals surface area contributed by atoms with Crippen LogP contribution in [0.15, 0.2) is 65.7 Å². The molecule has 0 aromatic heterocycles. The van der Waals surface area contributed by atoms with E-state index in [0.29, 0.717) is 19.5 Å². The average molecular weight is 417 g/mol. The first-order valence-corrected chi connectivity index (χ1v) is 11.4. The predicted octanol–water partition coefficient (Wildman–Crippen LogP) is 4.06. The van der Waals surface area contributed by atoms with Crippen molar-refractivity contribution in [1.29, 1.82) is 0 Å². The average Bonchev–Trinajstić information content (AvgIpc) is 3.22. The summed E-state index contributed by atoms with van der Waals surface area (Å²) in [6.07, 6.45) is 4.98. The highest BCUT2D eigenvalue weighted by atomic mass is 16.2. The smallest absolute Gasteiger partial charge is 0.222 e. The van der Waals surface area contributed by atoms with Crippen LogP contribution in [0.3, 0.4) is 0 Å². The summed E-state index contributed by atoms with van der Waals surface area (Å²) in [6, 6.07) is 19.0. The Morgan fingerprint density at radius 2 is 1.77 bits per heavy atom. The van der Waals surface area contributed by atoms with Gasteiger partial charge in [-0.05, 0) is 42.0 Å². The highest BCUT2D eigenvalue weighted by molar-refractivity contribution is 5.81. The maximum absolute atomic E-state index is 12.1. The number of guanidine groups is 1. The second kappa shape index (κ2) is 10.3. The number of likely N-dealkylation sites (tertiary alicyclic amines) is 1. The van der Waals surface area contributed by atoms with Crippen molar-refractivity contribution in [2.45, 2.75) is 39.3 Å². The van der Waals surface area contributed by atoms with Crippen molar-refractivity contribution < 1.29 is 4.79 Å². The largest absolute Gasteiger partial charge is 0.356 e. The molecular weight excluding hydrogens is 384 g/mol. The zero-order valence-electron chi connectivity index (χ0n) is 18.4. The Morgan fingerprint density at radius 3 is 2.45 bits per heavy atom. The summed E-state index contributed by atoms with van der Waals surface area (Å²) in [5.74, 6) is 1.22. The predicted molar refractivity (Wildman–Crippen MR) is 127 cm³/mol. The van der Waals surface area contributed by atoms with Crippen LogP contribution in [0, 0.1) is 0 Å². The van der Waals surface area contributed by atoms with Crippen molar-refractivity contribution in [2.24, 2.45) is 4.99 Å². The molecule has 162 valence electrons. The third kappa shape index (κ3) is 5.35. The van der Waals surface area contributed by atoms with Gasteiger partial charge in [-0.2, -0.15) is 0 Å². The lowest BCUT2D eigenvalue weighted by Crippen LogP contribution is -2.43. The molecule has 2 aliphatic rings. The first kappa shape index (κ1) is 21.2. The van der Waals surface area contributed by atoms with Crippen LogP contribution in [0.4, 0.5) is 0 Å². The Labute approximate surface area is 185 Å². The van der Waals surface area contributed by atoms with Gasteiger partial charge < -0.3 is 15.1 Å². The van der Waals surface area contributed by atoms with Gasteiger partial charge >= 0.3 is 0 Å². The van der Waals surface area contributed by atoms with Gasteiger partial charge in [0.25, 0.3) is 0 Å². The quantitative estimate of drug-likeness (QED) is 0.571. The molecule has 0 radical (unpaired) electrons. The first-order valence-electron chi connectivity index (χ1n) is 11.4. The Hall–Kier alpha value is -3.08. The summed E-state index contributed by atoms with van der Waals surface area (Å²) in [7, 11) is 0. The number of carbonyl (C=O) groups excluding carboxylic acids is 1. The molecule has 1 N–H and O–H groups in total. The van der Waals surface area contributed by atoms with E-state index >= 15 is 0 Å². The minimum absolute atomic E-state index is 0.265. The minimum Gasteiger partial charge on any atom is -0.356 e. The van der Waals surface area contributed by atoms with E-state index in [0.717, 1.165) is 45.0 Å². The molecule has 5 nitrogen and oxygen atoms in total. The number of carbonyl (C=O) groups is 1. The molecular formula is C26H32N4O. The monoisotopic (exact) mass is 416 g/mol. The van der Waals surface area contributed by atoms with E-state index in [9.17, 15) is 4.79 Å². The van der Waals surface area contributed by atoms with E-state index < -0.39 is 0 Å². The summed E-state index contributed by atoms with van der Waals surface area (Å²) in [5.41, 5.74) is 5.11. The number of nitrogens with one attached hydrogen (secondary N) is 1. The van der Waals surface area contributed by atoms with Gasteiger partial charge in [0.15, 0.2) is 5.96 Å². The van der Waals surface area contributed by atoms with Crippen LogP contribution < -0.4 is 5.32 Å². The molecule has 0 aliphatic carbocycles. The topological polar surface area (TPSA) is 47.9 Å². The second-order valence-corrected chi connectivity index (χ2v) is 8.15. The Balaban J connectivity index is 1.45. The van der Waals surface area contributed by atoms with E-state index in [4.69, 9.17) is 4.99 Å². The fourth-order valence-electron chi connectivity index (χ4n) is 4.30. The van der Waals surface area contributed by atoms with Gasteiger partial charge in [-0.3, -0.25) is 4.79 Å². The van der Waals surface area contributed by atoms with Gasteiger partial charge in [-0.1, -0.05) is 60.7 Å². The molecule has 0 spiro atoms. The van der Waals surface area contributed by atoms with Crippen molar-refractivity contribution in [2.75, 3.05) is 26.2 Å². The normalized spacial score (nSPS) is 17.1. The number of nitrogens with zero attached hydrogens (tertiary/aromatic N) is 3. The molecule has 0 unspecified atom stereocenters. The SMILES string of the molecule is CCNC(=NCc1ccccc1CN1CCCC1=O)N1CC=C(c2ccccc2)CC1. The molecule has 5 heteroatoms. The molecule has 1 saturated heterocycles. The Kier molecular flexibility index (Phi) is 7.03. The van der Waals surface area contributed by atoms with Crippen LogP contribution >= 0.6 is 0 Å². The number of aliphatic imine (C=N–C) groups is 1. The molecule has 1 fully saturated rings. The van der Waals surface area contributed by atoms with Gasteiger partial charge in [0.2, 0.25) is 5.91 Å². The van der Waals surface area contributed by atoms with Crippen LogP contribution in [0.1, 0.15) is 42.9 Å². The number of benzene rings is 2. The molecule has 2 aromatic carbocycles.